The summed E-state index contributed by atoms with van der Waals surface area (Å²) < 4.78 is 12.1. The summed E-state index contributed by atoms with van der Waals surface area (Å²) >= 11 is 0. The number of hydrogen-bond acceptors (Lipinski definition) is 4. The fourth-order valence-corrected chi connectivity index (χ4v) is 3.39. The second-order valence-electron chi connectivity index (χ2n) is 7.79. The zero-order valence-corrected chi connectivity index (χ0v) is 18.3. The highest BCUT2D eigenvalue weighted by Gasteiger charge is 2.12. The molecule has 1 N–H and O–H groups in total. The number of benzene rings is 2. The van der Waals surface area contributed by atoms with Gasteiger partial charge in [-0.2, -0.15) is 0 Å². The first-order valence-electron chi connectivity index (χ1n) is 10.5. The minimum Gasteiger partial charge on any atom is -0.493 e. The summed E-state index contributed by atoms with van der Waals surface area (Å²) in [7, 11) is 0. The van der Waals surface area contributed by atoms with E-state index in [1.54, 1.807) is 6.20 Å². The minimum absolute atomic E-state index is 0.0194. The number of hydrogen-bond donors (Lipinski definition) is 1. The van der Waals surface area contributed by atoms with Gasteiger partial charge in [0.2, 0.25) is 0 Å². The van der Waals surface area contributed by atoms with Crippen LogP contribution in [0, 0.1) is 13.8 Å². The molecule has 1 aromatic heterocycles. The Bertz CT molecular complexity index is 1020. The van der Waals surface area contributed by atoms with Crippen LogP contribution in [0.3, 0.4) is 0 Å². The molecule has 0 bridgehead atoms. The molecule has 3 aromatic rings. The molecule has 5 nitrogen and oxygen atoms in total. The van der Waals surface area contributed by atoms with Crippen LogP contribution in [0.4, 0.5) is 0 Å². The lowest BCUT2D eigenvalue weighted by molar-refractivity contribution is -0.136. The molecular weight excluding hydrogens is 390 g/mol. The van der Waals surface area contributed by atoms with E-state index in [-0.39, 0.29) is 12.5 Å². The first-order valence-corrected chi connectivity index (χ1v) is 10.5. The zero-order valence-electron chi connectivity index (χ0n) is 18.3. The van der Waals surface area contributed by atoms with Crippen LogP contribution < -0.4 is 9.47 Å². The second-order valence-corrected chi connectivity index (χ2v) is 7.79. The smallest absolute Gasteiger partial charge is 0.303 e. The van der Waals surface area contributed by atoms with Gasteiger partial charge in [0.15, 0.2) is 0 Å². The summed E-state index contributed by atoms with van der Waals surface area (Å²) in [6.45, 7) is 6.61. The van der Waals surface area contributed by atoms with E-state index in [1.807, 2.05) is 62.5 Å². The molecule has 0 saturated carbocycles. The quantitative estimate of drug-likeness (QED) is 0.462. The fraction of sp³-hybridized carbons (Fsp3) is 0.308. The van der Waals surface area contributed by atoms with E-state index in [0.29, 0.717) is 13.0 Å². The van der Waals surface area contributed by atoms with Gasteiger partial charge in [-0.05, 0) is 68.7 Å². The summed E-state index contributed by atoms with van der Waals surface area (Å²) in [5.74, 6) is 0.842. The van der Waals surface area contributed by atoms with Crippen molar-refractivity contribution < 1.29 is 19.4 Å². The van der Waals surface area contributed by atoms with Gasteiger partial charge in [-0.1, -0.05) is 23.8 Å². The van der Waals surface area contributed by atoms with Crippen LogP contribution in [0.1, 0.15) is 36.5 Å². The molecule has 0 unspecified atom stereocenters. The van der Waals surface area contributed by atoms with E-state index in [2.05, 4.69) is 18.0 Å². The van der Waals surface area contributed by atoms with Gasteiger partial charge >= 0.3 is 5.97 Å². The molecule has 2 aromatic carbocycles. The van der Waals surface area contributed by atoms with E-state index in [1.165, 1.54) is 5.56 Å². The summed E-state index contributed by atoms with van der Waals surface area (Å²) in [5, 5.41) is 8.85. The van der Waals surface area contributed by atoms with Crippen LogP contribution in [0.2, 0.25) is 0 Å². The molecule has 0 fully saturated rings. The first-order chi connectivity index (χ1) is 14.9. The van der Waals surface area contributed by atoms with E-state index in [4.69, 9.17) is 14.6 Å². The average Bonchev–Trinajstić information content (AvgIpc) is 2.75. The average molecular weight is 420 g/mol. The van der Waals surface area contributed by atoms with Crippen LogP contribution in [0.5, 0.6) is 11.5 Å². The van der Waals surface area contributed by atoms with Gasteiger partial charge in [-0.25, -0.2) is 0 Å². The second kappa shape index (κ2) is 10.6. The lowest BCUT2D eigenvalue weighted by atomic mass is 10.0. The highest BCUT2D eigenvalue weighted by atomic mass is 16.5. The Hall–Kier alpha value is -3.34. The molecule has 0 saturated heterocycles. The highest BCUT2D eigenvalue weighted by molar-refractivity contribution is 5.70. The van der Waals surface area contributed by atoms with Gasteiger partial charge < -0.3 is 14.6 Å². The predicted octanol–water partition coefficient (Wildman–Crippen LogP) is 5.62. The summed E-state index contributed by atoms with van der Waals surface area (Å²) in [5.41, 5.74) is 5.32. The standard InChI is InChI=1S/C26H29NO4/c1-18-6-10-25(24(15-18)22-5-4-13-27-17-22)31-20(3)12-14-30-23-9-7-21(19(2)16-23)8-11-26(28)29/h4-7,9-10,13,15-17,20H,8,11-12,14H2,1-3H3,(H,28,29)/t20-/m1/s1. The zero-order chi connectivity index (χ0) is 22.2. The van der Waals surface area contributed by atoms with Crippen LogP contribution >= 0.6 is 0 Å². The molecular formula is C26H29NO4. The molecule has 31 heavy (non-hydrogen) atoms. The molecule has 162 valence electrons. The largest absolute Gasteiger partial charge is 0.493 e. The lowest BCUT2D eigenvalue weighted by Crippen LogP contribution is -2.16. The number of nitrogens with zero attached hydrogens (tertiary/aromatic N) is 1. The van der Waals surface area contributed by atoms with Crippen molar-refractivity contribution in [1.29, 1.82) is 0 Å². The van der Waals surface area contributed by atoms with Crippen LogP contribution in [0.15, 0.2) is 60.9 Å². The van der Waals surface area contributed by atoms with Crippen molar-refractivity contribution in [1.82, 2.24) is 4.98 Å². The van der Waals surface area contributed by atoms with Crippen LogP contribution in [0.25, 0.3) is 11.1 Å². The third-order valence-corrected chi connectivity index (χ3v) is 5.15. The number of carboxylic acids is 1. The van der Waals surface area contributed by atoms with Crippen molar-refractivity contribution in [2.24, 2.45) is 0 Å². The van der Waals surface area contributed by atoms with Gasteiger partial charge in [0.05, 0.1) is 12.7 Å². The third-order valence-electron chi connectivity index (χ3n) is 5.15. The third kappa shape index (κ3) is 6.57. The number of pyridine rings is 1. The Kier molecular flexibility index (Phi) is 7.65. The van der Waals surface area contributed by atoms with Crippen molar-refractivity contribution >= 4 is 5.97 Å². The molecule has 0 aliphatic heterocycles. The summed E-state index contributed by atoms with van der Waals surface area (Å²) in [6, 6.07) is 15.9. The Morgan fingerprint density at radius 3 is 2.68 bits per heavy atom. The van der Waals surface area contributed by atoms with Crippen molar-refractivity contribution in [3.8, 4) is 22.6 Å². The summed E-state index contributed by atoms with van der Waals surface area (Å²) in [4.78, 5) is 15.0. The topological polar surface area (TPSA) is 68.7 Å². The van der Waals surface area contributed by atoms with E-state index < -0.39 is 5.97 Å². The van der Waals surface area contributed by atoms with E-state index in [9.17, 15) is 4.79 Å². The molecule has 0 spiro atoms. The van der Waals surface area contributed by atoms with Gasteiger partial charge in [0.25, 0.3) is 0 Å². The van der Waals surface area contributed by atoms with Crippen molar-refractivity contribution in [2.45, 2.75) is 46.1 Å². The van der Waals surface area contributed by atoms with Gasteiger partial charge in [0, 0.05) is 36.4 Å². The van der Waals surface area contributed by atoms with Gasteiger partial charge in [-0.3, -0.25) is 9.78 Å². The Morgan fingerprint density at radius 1 is 1.13 bits per heavy atom. The Balaban J connectivity index is 1.56. The molecule has 3 rings (SSSR count). The molecule has 0 aliphatic carbocycles. The van der Waals surface area contributed by atoms with Crippen molar-refractivity contribution in [3.63, 3.8) is 0 Å². The number of ether oxygens (including phenoxy) is 2. The van der Waals surface area contributed by atoms with Crippen molar-refractivity contribution in [3.05, 3.63) is 77.6 Å². The van der Waals surface area contributed by atoms with Crippen LogP contribution in [-0.4, -0.2) is 28.8 Å². The molecule has 0 amide bonds. The number of carbonyl (C=O) groups is 1. The SMILES string of the molecule is Cc1ccc(O[C@H](C)CCOc2ccc(CCC(=O)O)c(C)c2)c(-c2cccnc2)c1. The maximum Gasteiger partial charge on any atom is 0.303 e. The van der Waals surface area contributed by atoms with Crippen molar-refractivity contribution in [2.75, 3.05) is 6.61 Å². The van der Waals surface area contributed by atoms with Gasteiger partial charge in [-0.15, -0.1) is 0 Å². The highest BCUT2D eigenvalue weighted by Crippen LogP contribution is 2.31. The van der Waals surface area contributed by atoms with E-state index >= 15 is 0 Å². The number of aliphatic carboxylic acids is 1. The Labute approximate surface area is 183 Å². The number of carboxylic acid groups (broad SMARTS) is 1. The number of aromatic nitrogens is 1. The molecule has 1 atom stereocenters. The maximum atomic E-state index is 10.8. The molecule has 5 heteroatoms. The van der Waals surface area contributed by atoms with Crippen LogP contribution in [-0.2, 0) is 11.2 Å². The lowest BCUT2D eigenvalue weighted by Gasteiger charge is -2.18. The molecule has 1 heterocycles. The Morgan fingerprint density at radius 2 is 1.97 bits per heavy atom. The normalized spacial score (nSPS) is 11.7. The molecule has 0 aliphatic rings. The number of aryl methyl sites for hydroxylation is 3. The fourth-order valence-electron chi connectivity index (χ4n) is 3.39. The molecule has 0 radical (unpaired) electrons. The van der Waals surface area contributed by atoms with E-state index in [0.717, 1.165) is 40.2 Å². The first kappa shape index (κ1) is 22.3. The predicted molar refractivity (Wildman–Crippen MR) is 122 cm³/mol. The summed E-state index contributed by atoms with van der Waals surface area (Å²) in [6.07, 6.45) is 4.99. The maximum absolute atomic E-state index is 10.8. The minimum atomic E-state index is -0.783. The number of rotatable bonds is 10. The monoisotopic (exact) mass is 419 g/mol. The van der Waals surface area contributed by atoms with Gasteiger partial charge in [0.1, 0.15) is 11.5 Å².